The van der Waals surface area contributed by atoms with Gasteiger partial charge in [-0.1, -0.05) is 6.42 Å². The Bertz CT molecular complexity index is 1600. The third-order valence-corrected chi connectivity index (χ3v) is 8.58. The molecule has 4 aromatic rings. The van der Waals surface area contributed by atoms with E-state index in [0.717, 1.165) is 62.8 Å². The minimum Gasteiger partial charge on any atom is -0.478 e. The van der Waals surface area contributed by atoms with E-state index in [2.05, 4.69) is 29.7 Å². The number of aromatic amines is 1. The highest BCUT2D eigenvalue weighted by molar-refractivity contribution is 5.91. The van der Waals surface area contributed by atoms with Gasteiger partial charge in [0.1, 0.15) is 22.6 Å². The van der Waals surface area contributed by atoms with E-state index >= 15 is 0 Å². The molecule has 4 aromatic heterocycles. The van der Waals surface area contributed by atoms with Gasteiger partial charge >= 0.3 is 6.18 Å². The summed E-state index contributed by atoms with van der Waals surface area (Å²) in [6.45, 7) is 4.93. The van der Waals surface area contributed by atoms with Gasteiger partial charge in [-0.15, -0.1) is 0 Å². The zero-order valence-electron chi connectivity index (χ0n) is 25.2. The van der Waals surface area contributed by atoms with Gasteiger partial charge in [0.15, 0.2) is 11.5 Å². The van der Waals surface area contributed by atoms with E-state index in [1.165, 1.54) is 12.6 Å². The van der Waals surface area contributed by atoms with Gasteiger partial charge in [0.05, 0.1) is 37.0 Å². The third kappa shape index (κ3) is 6.01. The summed E-state index contributed by atoms with van der Waals surface area (Å²) in [5.41, 5.74) is 1.91. The first-order valence-corrected chi connectivity index (χ1v) is 15.1. The van der Waals surface area contributed by atoms with Crippen LogP contribution in [0.15, 0.2) is 30.7 Å². The average molecular weight is 611 g/mol. The van der Waals surface area contributed by atoms with E-state index in [0.29, 0.717) is 41.5 Å². The second kappa shape index (κ2) is 12.2. The largest absolute Gasteiger partial charge is 0.478 e. The van der Waals surface area contributed by atoms with Crippen molar-refractivity contribution >= 4 is 22.7 Å². The molecule has 5 heterocycles. The van der Waals surface area contributed by atoms with Crippen LogP contribution < -0.4 is 14.5 Å². The first-order valence-electron chi connectivity index (χ1n) is 15.1. The molecule has 0 unspecified atom stereocenters. The van der Waals surface area contributed by atoms with Crippen molar-refractivity contribution in [2.45, 2.75) is 51.6 Å². The molecular formula is C31H37F3N8O2. The lowest BCUT2D eigenvalue weighted by atomic mass is 9.69. The molecule has 0 bridgehead atoms. The van der Waals surface area contributed by atoms with Crippen LogP contribution in [0.1, 0.15) is 51.0 Å². The molecule has 0 atom stereocenters. The van der Waals surface area contributed by atoms with E-state index in [4.69, 9.17) is 19.4 Å². The van der Waals surface area contributed by atoms with Crippen molar-refractivity contribution in [3.8, 4) is 28.7 Å². The second-order valence-corrected chi connectivity index (χ2v) is 11.8. The number of rotatable bonds is 10. The summed E-state index contributed by atoms with van der Waals surface area (Å²) in [5, 5.41) is 0. The summed E-state index contributed by atoms with van der Waals surface area (Å²) >= 11 is 0. The standard InChI is InChI=1S/C31H37F3N8O2/c1-4-44-29-21(31(32,33)34)13-20(15-37-29)22-14-24(41(2)18-30(19-43-3)9-8-10-30)26-28(38-22)40-27(39-26)23-16-36-25(17-35-23)42-11-6-5-7-12-42/h13-17H,4-12,18-19H2,1-3H3,(H,38,39,40). The highest BCUT2D eigenvalue weighted by Gasteiger charge is 2.39. The number of nitrogens with zero attached hydrogens (tertiary/aromatic N) is 7. The minimum atomic E-state index is -4.65. The number of anilines is 2. The van der Waals surface area contributed by atoms with E-state index < -0.39 is 17.6 Å². The Labute approximate surface area is 254 Å². The van der Waals surface area contributed by atoms with Crippen molar-refractivity contribution in [1.29, 1.82) is 0 Å². The van der Waals surface area contributed by atoms with E-state index in [1.807, 2.05) is 7.05 Å². The molecule has 2 fully saturated rings. The maximum Gasteiger partial charge on any atom is 0.421 e. The smallest absolute Gasteiger partial charge is 0.421 e. The minimum absolute atomic E-state index is 0.00200. The number of pyridine rings is 2. The lowest BCUT2D eigenvalue weighted by molar-refractivity contribution is -0.139. The number of imidazole rings is 1. The van der Waals surface area contributed by atoms with Crippen molar-refractivity contribution in [3.05, 3.63) is 36.3 Å². The summed E-state index contributed by atoms with van der Waals surface area (Å²) < 4.78 is 52.7. The first kappa shape index (κ1) is 30.0. The molecule has 1 aliphatic heterocycles. The lowest BCUT2D eigenvalue weighted by Gasteiger charge is -2.44. The van der Waals surface area contributed by atoms with Crippen LogP contribution in [0, 0.1) is 5.41 Å². The van der Waals surface area contributed by atoms with Crippen LogP contribution in [-0.4, -0.2) is 76.9 Å². The number of alkyl halides is 3. The van der Waals surface area contributed by atoms with Crippen molar-refractivity contribution in [1.82, 2.24) is 29.9 Å². The summed E-state index contributed by atoms with van der Waals surface area (Å²) in [4.78, 5) is 30.4. The number of hydrogen-bond acceptors (Lipinski definition) is 9. The molecule has 10 nitrogen and oxygen atoms in total. The molecule has 0 amide bonds. The number of piperidine rings is 1. The Morgan fingerprint density at radius 2 is 1.77 bits per heavy atom. The second-order valence-electron chi connectivity index (χ2n) is 11.8. The molecule has 1 N–H and O–H groups in total. The Morgan fingerprint density at radius 1 is 0.977 bits per heavy atom. The van der Waals surface area contributed by atoms with E-state index in [1.54, 1.807) is 32.5 Å². The summed E-state index contributed by atoms with van der Waals surface area (Å²) in [7, 11) is 3.68. The summed E-state index contributed by atoms with van der Waals surface area (Å²) in [6, 6.07) is 2.82. The molecule has 2 aliphatic rings. The fourth-order valence-corrected chi connectivity index (χ4v) is 6.24. The molecule has 1 saturated heterocycles. The molecule has 1 aliphatic carbocycles. The zero-order valence-corrected chi connectivity index (χ0v) is 25.2. The monoisotopic (exact) mass is 610 g/mol. The first-order chi connectivity index (χ1) is 21.2. The maximum absolute atomic E-state index is 14.0. The third-order valence-electron chi connectivity index (χ3n) is 8.58. The lowest BCUT2D eigenvalue weighted by Crippen LogP contribution is -2.44. The fraction of sp³-hybridized carbons (Fsp3) is 0.516. The quantitative estimate of drug-likeness (QED) is 0.227. The van der Waals surface area contributed by atoms with Crippen molar-refractivity contribution in [2.75, 3.05) is 56.8 Å². The van der Waals surface area contributed by atoms with Crippen LogP contribution >= 0.6 is 0 Å². The van der Waals surface area contributed by atoms with E-state index in [-0.39, 0.29) is 17.6 Å². The van der Waals surface area contributed by atoms with Gasteiger partial charge < -0.3 is 24.3 Å². The predicted octanol–water partition coefficient (Wildman–Crippen LogP) is 6.14. The van der Waals surface area contributed by atoms with Crippen LogP contribution in [0.4, 0.5) is 24.7 Å². The summed E-state index contributed by atoms with van der Waals surface area (Å²) in [5.74, 6) is 0.855. The molecule has 44 heavy (non-hydrogen) atoms. The van der Waals surface area contributed by atoms with Gasteiger partial charge in [-0.05, 0) is 51.2 Å². The molecule has 234 valence electrons. The predicted molar refractivity (Wildman–Crippen MR) is 162 cm³/mol. The molecule has 6 rings (SSSR count). The van der Waals surface area contributed by atoms with Gasteiger partial charge in [-0.25, -0.2) is 24.9 Å². The number of halogens is 3. The number of H-pyrrole nitrogens is 1. The number of aromatic nitrogens is 6. The topological polar surface area (TPSA) is 105 Å². The fourth-order valence-electron chi connectivity index (χ4n) is 6.24. The van der Waals surface area contributed by atoms with Gasteiger partial charge in [0.25, 0.3) is 0 Å². The Hall–Kier alpha value is -4.00. The molecule has 0 aromatic carbocycles. The highest BCUT2D eigenvalue weighted by atomic mass is 19.4. The van der Waals surface area contributed by atoms with Gasteiger partial charge in [-0.2, -0.15) is 13.2 Å². The number of hydrogen-bond donors (Lipinski definition) is 1. The van der Waals surface area contributed by atoms with Crippen molar-refractivity contribution in [2.24, 2.45) is 5.41 Å². The van der Waals surface area contributed by atoms with Gasteiger partial charge in [0.2, 0.25) is 5.88 Å². The Balaban J connectivity index is 1.42. The molecule has 13 heteroatoms. The Morgan fingerprint density at radius 3 is 2.41 bits per heavy atom. The summed E-state index contributed by atoms with van der Waals surface area (Å²) in [6.07, 6.45) is 6.87. The van der Waals surface area contributed by atoms with Crippen LogP contribution in [0.5, 0.6) is 5.88 Å². The number of methoxy groups -OCH3 is 1. The van der Waals surface area contributed by atoms with Gasteiger partial charge in [0, 0.05) is 51.0 Å². The highest BCUT2D eigenvalue weighted by Crippen LogP contribution is 2.43. The number of ether oxygens (including phenoxy) is 2. The maximum atomic E-state index is 14.0. The van der Waals surface area contributed by atoms with Crippen molar-refractivity contribution in [3.63, 3.8) is 0 Å². The van der Waals surface area contributed by atoms with Crippen LogP contribution in [-0.2, 0) is 10.9 Å². The van der Waals surface area contributed by atoms with E-state index in [9.17, 15) is 13.2 Å². The zero-order chi connectivity index (χ0) is 30.9. The normalized spacial score (nSPS) is 16.6. The molecular weight excluding hydrogens is 573 g/mol. The molecule has 0 radical (unpaired) electrons. The molecule has 0 spiro atoms. The van der Waals surface area contributed by atoms with Crippen molar-refractivity contribution < 1.29 is 22.6 Å². The van der Waals surface area contributed by atoms with Crippen LogP contribution in [0.2, 0.25) is 0 Å². The number of fused-ring (bicyclic) bond motifs is 1. The Kier molecular flexibility index (Phi) is 8.32. The number of nitrogens with one attached hydrogen (secondary N) is 1. The van der Waals surface area contributed by atoms with Crippen LogP contribution in [0.3, 0.4) is 0 Å². The van der Waals surface area contributed by atoms with Crippen LogP contribution in [0.25, 0.3) is 33.9 Å². The average Bonchev–Trinajstić information content (AvgIpc) is 3.44. The van der Waals surface area contributed by atoms with Gasteiger partial charge in [-0.3, -0.25) is 0 Å². The SMILES string of the molecule is CCOc1ncc(-c2cc(N(C)CC3(COC)CCC3)c3[nH]c(-c4cnc(N5CCCCC5)cn4)nc3n2)cc1C(F)(F)F. The molecule has 1 saturated carbocycles.